The van der Waals surface area contributed by atoms with E-state index >= 15 is 0 Å². The van der Waals surface area contributed by atoms with Crippen LogP contribution in [0, 0.1) is 0 Å². The first-order valence-corrected chi connectivity index (χ1v) is 7.10. The SMILES string of the molecule is CCCCc1nc(Cl)c(CNC2CC(OC)C2)[nH]1. The topological polar surface area (TPSA) is 49.9 Å². The molecule has 2 N–H and O–H groups in total. The second-order valence-corrected chi connectivity index (χ2v) is 5.32. The van der Waals surface area contributed by atoms with E-state index in [0.717, 1.165) is 43.7 Å². The van der Waals surface area contributed by atoms with Crippen LogP contribution in [0.2, 0.25) is 5.15 Å². The number of aryl methyl sites for hydroxylation is 1. The van der Waals surface area contributed by atoms with Crippen molar-refractivity contribution in [1.29, 1.82) is 0 Å². The van der Waals surface area contributed by atoms with Crippen LogP contribution >= 0.6 is 11.6 Å². The Kier molecular flexibility index (Phi) is 5.03. The molecule has 1 aromatic rings. The molecular formula is C13H22ClN3O. The molecule has 0 aliphatic heterocycles. The number of aromatic amines is 1. The molecule has 18 heavy (non-hydrogen) atoms. The standard InChI is InChI=1S/C13H22ClN3O/c1-3-4-5-12-16-11(13(14)17-12)8-15-9-6-10(7-9)18-2/h9-10,15H,3-8H2,1-2H3,(H,16,17). The maximum Gasteiger partial charge on any atom is 0.151 e. The largest absolute Gasteiger partial charge is 0.381 e. The number of aromatic nitrogens is 2. The highest BCUT2D eigenvalue weighted by Gasteiger charge is 2.28. The van der Waals surface area contributed by atoms with Crippen molar-refractivity contribution in [3.05, 3.63) is 16.7 Å². The van der Waals surface area contributed by atoms with Crippen molar-refractivity contribution in [2.45, 2.75) is 57.7 Å². The molecule has 0 spiro atoms. The van der Waals surface area contributed by atoms with Crippen molar-refractivity contribution in [3.8, 4) is 0 Å². The maximum atomic E-state index is 6.12. The van der Waals surface area contributed by atoms with E-state index in [9.17, 15) is 0 Å². The lowest BCUT2D eigenvalue weighted by molar-refractivity contribution is 0.0169. The summed E-state index contributed by atoms with van der Waals surface area (Å²) in [5, 5.41) is 4.08. The number of hydrogen-bond acceptors (Lipinski definition) is 3. The third kappa shape index (κ3) is 3.46. The van der Waals surface area contributed by atoms with E-state index in [1.807, 2.05) is 0 Å². The minimum absolute atomic E-state index is 0.430. The zero-order chi connectivity index (χ0) is 13.0. The molecular weight excluding hydrogens is 250 g/mol. The lowest BCUT2D eigenvalue weighted by Crippen LogP contribution is -2.44. The summed E-state index contributed by atoms with van der Waals surface area (Å²) < 4.78 is 5.25. The molecule has 0 radical (unpaired) electrons. The van der Waals surface area contributed by atoms with Gasteiger partial charge in [0.1, 0.15) is 5.82 Å². The molecule has 1 aliphatic rings. The molecule has 5 heteroatoms. The molecule has 0 atom stereocenters. The van der Waals surface area contributed by atoms with Crippen molar-refractivity contribution in [2.24, 2.45) is 0 Å². The van der Waals surface area contributed by atoms with Crippen LogP contribution in [-0.4, -0.2) is 29.2 Å². The maximum absolute atomic E-state index is 6.12. The summed E-state index contributed by atoms with van der Waals surface area (Å²) in [4.78, 5) is 7.65. The van der Waals surface area contributed by atoms with Gasteiger partial charge in [0.2, 0.25) is 0 Å². The van der Waals surface area contributed by atoms with Gasteiger partial charge in [-0.05, 0) is 19.3 Å². The lowest BCUT2D eigenvalue weighted by Gasteiger charge is -2.34. The quantitative estimate of drug-likeness (QED) is 0.802. The average molecular weight is 272 g/mol. The molecule has 0 aromatic carbocycles. The molecule has 1 fully saturated rings. The number of halogens is 1. The average Bonchev–Trinajstić information content (AvgIpc) is 2.66. The molecule has 0 saturated heterocycles. The Balaban J connectivity index is 1.77. The fourth-order valence-corrected chi connectivity index (χ4v) is 2.41. The Morgan fingerprint density at radius 3 is 2.94 bits per heavy atom. The van der Waals surface area contributed by atoms with E-state index < -0.39 is 0 Å². The summed E-state index contributed by atoms with van der Waals surface area (Å²) >= 11 is 6.12. The number of methoxy groups -OCH3 is 1. The number of rotatable bonds is 7. The van der Waals surface area contributed by atoms with E-state index in [1.165, 1.54) is 6.42 Å². The van der Waals surface area contributed by atoms with Gasteiger partial charge in [-0.1, -0.05) is 24.9 Å². The van der Waals surface area contributed by atoms with E-state index in [1.54, 1.807) is 7.11 Å². The van der Waals surface area contributed by atoms with Gasteiger partial charge in [-0.2, -0.15) is 0 Å². The number of hydrogen-bond donors (Lipinski definition) is 2. The first-order chi connectivity index (χ1) is 8.72. The fourth-order valence-electron chi connectivity index (χ4n) is 2.19. The van der Waals surface area contributed by atoms with E-state index in [2.05, 4.69) is 22.2 Å². The van der Waals surface area contributed by atoms with E-state index in [4.69, 9.17) is 16.3 Å². The van der Waals surface area contributed by atoms with Gasteiger partial charge in [-0.25, -0.2) is 4.98 Å². The van der Waals surface area contributed by atoms with Crippen LogP contribution in [0.1, 0.15) is 44.1 Å². The summed E-state index contributed by atoms with van der Waals surface area (Å²) in [6.45, 7) is 2.94. The Labute approximate surface area is 113 Å². The zero-order valence-electron chi connectivity index (χ0n) is 11.1. The minimum Gasteiger partial charge on any atom is -0.381 e. The third-order valence-electron chi connectivity index (χ3n) is 3.54. The van der Waals surface area contributed by atoms with Crippen LogP contribution in [0.3, 0.4) is 0 Å². The van der Waals surface area contributed by atoms with Crippen LogP contribution in [0.5, 0.6) is 0 Å². The Hall–Kier alpha value is -0.580. The third-order valence-corrected chi connectivity index (χ3v) is 3.85. The van der Waals surface area contributed by atoms with Gasteiger partial charge >= 0.3 is 0 Å². The van der Waals surface area contributed by atoms with Crippen LogP contribution in [0.4, 0.5) is 0 Å². The molecule has 102 valence electrons. The first-order valence-electron chi connectivity index (χ1n) is 6.72. The van der Waals surface area contributed by atoms with Gasteiger partial charge in [0, 0.05) is 26.1 Å². The van der Waals surface area contributed by atoms with E-state index in [-0.39, 0.29) is 0 Å². The normalized spacial score (nSPS) is 23.1. The van der Waals surface area contributed by atoms with Crippen molar-refractivity contribution in [3.63, 3.8) is 0 Å². The molecule has 2 rings (SSSR count). The van der Waals surface area contributed by atoms with E-state index in [0.29, 0.717) is 17.3 Å². The van der Waals surface area contributed by atoms with Gasteiger partial charge in [-0.3, -0.25) is 0 Å². The highest BCUT2D eigenvalue weighted by Crippen LogP contribution is 2.23. The summed E-state index contributed by atoms with van der Waals surface area (Å²) in [5.41, 5.74) is 1.00. The second kappa shape index (κ2) is 6.55. The highest BCUT2D eigenvalue weighted by atomic mass is 35.5. The molecule has 1 aliphatic carbocycles. The van der Waals surface area contributed by atoms with Crippen molar-refractivity contribution in [1.82, 2.24) is 15.3 Å². The summed E-state index contributed by atoms with van der Waals surface area (Å²) in [6.07, 6.45) is 5.91. The predicted octanol–water partition coefficient (Wildman–Crippen LogP) is 2.67. The van der Waals surface area contributed by atoms with Crippen LogP contribution < -0.4 is 5.32 Å². The minimum atomic E-state index is 0.430. The van der Waals surface area contributed by atoms with Crippen molar-refractivity contribution >= 4 is 11.6 Å². The van der Waals surface area contributed by atoms with Gasteiger partial charge in [-0.15, -0.1) is 0 Å². The summed E-state index contributed by atoms with van der Waals surface area (Å²) in [6, 6.07) is 0.549. The molecule has 0 bridgehead atoms. The molecule has 1 saturated carbocycles. The molecule has 0 amide bonds. The zero-order valence-corrected chi connectivity index (χ0v) is 11.9. The Morgan fingerprint density at radius 2 is 2.28 bits per heavy atom. The van der Waals surface area contributed by atoms with Crippen LogP contribution in [0.25, 0.3) is 0 Å². The molecule has 1 aromatic heterocycles. The number of ether oxygens (including phenoxy) is 1. The first kappa shape index (κ1) is 13.8. The van der Waals surface area contributed by atoms with Gasteiger partial charge in [0.05, 0.1) is 11.8 Å². The van der Waals surface area contributed by atoms with Gasteiger partial charge < -0.3 is 15.0 Å². The van der Waals surface area contributed by atoms with Crippen LogP contribution in [0.15, 0.2) is 0 Å². The van der Waals surface area contributed by atoms with Gasteiger partial charge in [0.15, 0.2) is 5.15 Å². The number of imidazole rings is 1. The highest BCUT2D eigenvalue weighted by molar-refractivity contribution is 6.30. The second-order valence-electron chi connectivity index (χ2n) is 4.96. The Morgan fingerprint density at radius 1 is 1.50 bits per heavy atom. The number of H-pyrrole nitrogens is 1. The number of unbranched alkanes of at least 4 members (excludes halogenated alkanes) is 1. The molecule has 1 heterocycles. The summed E-state index contributed by atoms with van der Waals surface area (Å²) in [7, 11) is 1.77. The molecule has 0 unspecified atom stereocenters. The number of nitrogens with one attached hydrogen (secondary N) is 2. The van der Waals surface area contributed by atoms with Crippen LogP contribution in [-0.2, 0) is 17.7 Å². The summed E-state index contributed by atoms with van der Waals surface area (Å²) in [5.74, 6) is 1.00. The van der Waals surface area contributed by atoms with Crippen molar-refractivity contribution < 1.29 is 4.74 Å². The van der Waals surface area contributed by atoms with Gasteiger partial charge in [0.25, 0.3) is 0 Å². The smallest absolute Gasteiger partial charge is 0.151 e. The lowest BCUT2D eigenvalue weighted by atomic mass is 9.89. The number of nitrogens with zero attached hydrogens (tertiary/aromatic N) is 1. The molecule has 4 nitrogen and oxygen atoms in total. The monoisotopic (exact) mass is 271 g/mol. The fraction of sp³-hybridized carbons (Fsp3) is 0.769. The predicted molar refractivity (Wildman–Crippen MR) is 72.9 cm³/mol. The Bertz CT molecular complexity index is 374. The van der Waals surface area contributed by atoms with Crippen molar-refractivity contribution in [2.75, 3.05) is 7.11 Å².